The Morgan fingerprint density at radius 2 is 2.05 bits per heavy atom. The van der Waals surface area contributed by atoms with Crippen LogP contribution in [-0.2, 0) is 4.79 Å². The van der Waals surface area contributed by atoms with Gasteiger partial charge in [-0.25, -0.2) is 5.01 Å². The summed E-state index contributed by atoms with van der Waals surface area (Å²) in [4.78, 5) is 22.5. The Balaban J connectivity index is 2.21. The third kappa shape index (κ3) is 2.62. The van der Waals surface area contributed by atoms with Crippen LogP contribution >= 0.6 is 0 Å². The molecule has 2 atom stereocenters. The molecule has 19 heavy (non-hydrogen) atoms. The van der Waals surface area contributed by atoms with E-state index < -0.39 is 10.8 Å². The second kappa shape index (κ2) is 5.17. The van der Waals surface area contributed by atoms with Crippen LogP contribution in [0.4, 0.5) is 5.69 Å². The third-order valence-corrected chi connectivity index (χ3v) is 3.19. The van der Waals surface area contributed by atoms with Gasteiger partial charge in [-0.3, -0.25) is 14.9 Å². The van der Waals surface area contributed by atoms with Crippen LogP contribution < -0.4 is 5.01 Å². The number of rotatable bonds is 4. The summed E-state index contributed by atoms with van der Waals surface area (Å²) >= 11 is 0. The number of hydrazone groups is 1. The molecule has 1 heterocycles. The van der Waals surface area contributed by atoms with Gasteiger partial charge in [-0.2, -0.15) is 5.10 Å². The van der Waals surface area contributed by atoms with Crippen molar-refractivity contribution in [2.75, 3.05) is 11.6 Å². The van der Waals surface area contributed by atoms with E-state index in [4.69, 9.17) is 0 Å². The minimum atomic E-state index is -0.509. The second-order valence-electron chi connectivity index (χ2n) is 4.70. The standard InChI is InChI=1S/C13H15N3O3/c1-9(8-15(18)19)12-10(2)14-16(13(12)17)11-6-4-3-5-7-11/h3-7,9,12H,8H2,1-2H3. The predicted molar refractivity (Wildman–Crippen MR) is 71.6 cm³/mol. The van der Waals surface area contributed by atoms with Crippen LogP contribution in [0.15, 0.2) is 35.4 Å². The number of carbonyl (C=O) groups is 1. The first-order chi connectivity index (χ1) is 9.00. The Hall–Kier alpha value is -2.24. The number of carbonyl (C=O) groups excluding carboxylic acids is 1. The lowest BCUT2D eigenvalue weighted by Crippen LogP contribution is -2.34. The molecule has 0 aromatic heterocycles. The van der Waals surface area contributed by atoms with E-state index in [2.05, 4.69) is 5.10 Å². The average molecular weight is 261 g/mol. The quantitative estimate of drug-likeness (QED) is 0.614. The summed E-state index contributed by atoms with van der Waals surface area (Å²) in [5, 5.41) is 16.1. The maximum absolute atomic E-state index is 12.3. The maximum atomic E-state index is 12.3. The Labute approximate surface area is 110 Å². The molecule has 0 radical (unpaired) electrons. The molecule has 0 aliphatic carbocycles. The van der Waals surface area contributed by atoms with Crippen LogP contribution in [0.1, 0.15) is 13.8 Å². The Morgan fingerprint density at radius 1 is 1.42 bits per heavy atom. The molecule has 6 nitrogen and oxygen atoms in total. The number of para-hydroxylation sites is 1. The van der Waals surface area contributed by atoms with Crippen molar-refractivity contribution in [3.63, 3.8) is 0 Å². The molecule has 0 saturated carbocycles. The van der Waals surface area contributed by atoms with E-state index in [0.717, 1.165) is 0 Å². The SMILES string of the molecule is CC1=NN(c2ccccc2)C(=O)C1C(C)C[N+](=O)[O-]. The van der Waals surface area contributed by atoms with Gasteiger partial charge in [0.25, 0.3) is 5.91 Å². The summed E-state index contributed by atoms with van der Waals surface area (Å²) in [6, 6.07) is 9.07. The van der Waals surface area contributed by atoms with Crippen molar-refractivity contribution >= 4 is 17.3 Å². The summed E-state index contributed by atoms with van der Waals surface area (Å²) in [7, 11) is 0. The maximum Gasteiger partial charge on any atom is 0.256 e. The highest BCUT2D eigenvalue weighted by Gasteiger charge is 2.39. The summed E-state index contributed by atoms with van der Waals surface area (Å²) < 4.78 is 0. The lowest BCUT2D eigenvalue weighted by Gasteiger charge is -2.16. The van der Waals surface area contributed by atoms with E-state index in [1.54, 1.807) is 26.0 Å². The fourth-order valence-corrected chi connectivity index (χ4v) is 2.33. The fourth-order valence-electron chi connectivity index (χ4n) is 2.33. The molecular formula is C13H15N3O3. The third-order valence-electron chi connectivity index (χ3n) is 3.19. The van der Waals surface area contributed by atoms with Gasteiger partial charge in [-0.15, -0.1) is 0 Å². The van der Waals surface area contributed by atoms with Gasteiger partial charge < -0.3 is 0 Å². The molecule has 100 valence electrons. The lowest BCUT2D eigenvalue weighted by molar-refractivity contribution is -0.488. The molecule has 0 fully saturated rings. The molecular weight excluding hydrogens is 246 g/mol. The first-order valence-corrected chi connectivity index (χ1v) is 6.06. The zero-order valence-electron chi connectivity index (χ0n) is 10.8. The van der Waals surface area contributed by atoms with Gasteiger partial charge in [-0.05, 0) is 19.1 Å². The van der Waals surface area contributed by atoms with E-state index in [9.17, 15) is 14.9 Å². The topological polar surface area (TPSA) is 75.8 Å². The van der Waals surface area contributed by atoms with Gasteiger partial charge in [0.1, 0.15) is 0 Å². The number of nitrogens with zero attached hydrogens (tertiary/aromatic N) is 3. The molecule has 1 aliphatic rings. The molecule has 6 heteroatoms. The Morgan fingerprint density at radius 3 is 2.63 bits per heavy atom. The largest absolute Gasteiger partial charge is 0.272 e. The molecule has 1 amide bonds. The van der Waals surface area contributed by atoms with E-state index in [1.165, 1.54) is 5.01 Å². The smallest absolute Gasteiger partial charge is 0.256 e. The van der Waals surface area contributed by atoms with E-state index in [0.29, 0.717) is 11.4 Å². The summed E-state index contributed by atoms with van der Waals surface area (Å²) in [6.45, 7) is 3.22. The lowest BCUT2D eigenvalue weighted by atomic mass is 9.90. The molecule has 0 spiro atoms. The van der Waals surface area contributed by atoms with Crippen molar-refractivity contribution in [2.45, 2.75) is 13.8 Å². The van der Waals surface area contributed by atoms with Crippen molar-refractivity contribution in [3.05, 3.63) is 40.4 Å². The number of hydrogen-bond acceptors (Lipinski definition) is 4. The highest BCUT2D eigenvalue weighted by atomic mass is 16.6. The minimum Gasteiger partial charge on any atom is -0.272 e. The first kappa shape index (κ1) is 13.2. The number of benzene rings is 1. The van der Waals surface area contributed by atoms with E-state index >= 15 is 0 Å². The summed E-state index contributed by atoms with van der Waals surface area (Å²) in [5.41, 5.74) is 1.31. The zero-order valence-corrected chi connectivity index (χ0v) is 10.8. The van der Waals surface area contributed by atoms with Crippen molar-refractivity contribution in [1.82, 2.24) is 0 Å². The first-order valence-electron chi connectivity index (χ1n) is 6.06. The molecule has 0 N–H and O–H groups in total. The minimum absolute atomic E-state index is 0.196. The van der Waals surface area contributed by atoms with Crippen molar-refractivity contribution < 1.29 is 9.72 Å². The van der Waals surface area contributed by atoms with E-state index in [1.807, 2.05) is 18.2 Å². The van der Waals surface area contributed by atoms with Gasteiger partial charge in [0, 0.05) is 16.6 Å². The van der Waals surface area contributed by atoms with Crippen LogP contribution in [0.3, 0.4) is 0 Å². The highest BCUT2D eigenvalue weighted by molar-refractivity contribution is 6.14. The van der Waals surface area contributed by atoms with Crippen LogP contribution in [0.5, 0.6) is 0 Å². The number of hydrogen-bond donors (Lipinski definition) is 0. The van der Waals surface area contributed by atoms with Gasteiger partial charge in [0.2, 0.25) is 6.54 Å². The predicted octanol–water partition coefficient (Wildman–Crippen LogP) is 1.94. The van der Waals surface area contributed by atoms with Gasteiger partial charge >= 0.3 is 0 Å². The zero-order chi connectivity index (χ0) is 14.0. The summed E-state index contributed by atoms with van der Waals surface area (Å²) in [6.07, 6.45) is 0. The molecule has 2 unspecified atom stereocenters. The van der Waals surface area contributed by atoms with Crippen molar-refractivity contribution in [2.24, 2.45) is 16.9 Å². The number of amides is 1. The van der Waals surface area contributed by atoms with Crippen molar-refractivity contribution in [1.29, 1.82) is 0 Å². The highest BCUT2D eigenvalue weighted by Crippen LogP contribution is 2.28. The Bertz CT molecular complexity index is 527. The molecule has 1 aliphatic heterocycles. The van der Waals surface area contributed by atoms with Crippen LogP contribution in [-0.4, -0.2) is 23.1 Å². The van der Waals surface area contributed by atoms with Gasteiger partial charge in [-0.1, -0.05) is 25.1 Å². The average Bonchev–Trinajstić information content (AvgIpc) is 2.65. The summed E-state index contributed by atoms with van der Waals surface area (Å²) in [5.74, 6) is -1.07. The molecule has 1 aromatic carbocycles. The van der Waals surface area contributed by atoms with Crippen LogP contribution in [0.25, 0.3) is 0 Å². The normalized spacial score (nSPS) is 20.3. The van der Waals surface area contributed by atoms with Gasteiger partial charge in [0.05, 0.1) is 11.6 Å². The Kier molecular flexibility index (Phi) is 3.59. The van der Waals surface area contributed by atoms with E-state index in [-0.39, 0.29) is 18.4 Å². The van der Waals surface area contributed by atoms with Crippen LogP contribution in [0.2, 0.25) is 0 Å². The monoisotopic (exact) mass is 261 g/mol. The van der Waals surface area contributed by atoms with Gasteiger partial charge in [0.15, 0.2) is 0 Å². The molecule has 2 rings (SSSR count). The number of anilines is 1. The van der Waals surface area contributed by atoms with Crippen LogP contribution in [0, 0.1) is 22.0 Å². The molecule has 0 saturated heterocycles. The fraction of sp³-hybridized carbons (Fsp3) is 0.385. The molecule has 1 aromatic rings. The van der Waals surface area contributed by atoms with Crippen molar-refractivity contribution in [3.8, 4) is 0 Å². The molecule has 0 bridgehead atoms. The second-order valence-corrected chi connectivity index (χ2v) is 4.70. The number of nitro groups is 1.